The van der Waals surface area contributed by atoms with E-state index in [1.54, 1.807) is 6.92 Å². The van der Waals surface area contributed by atoms with E-state index in [1.165, 1.54) is 0 Å². The molecule has 1 saturated carbocycles. The molecule has 1 N–H and O–H groups in total. The summed E-state index contributed by atoms with van der Waals surface area (Å²) in [6.07, 6.45) is 0. The van der Waals surface area contributed by atoms with Crippen molar-refractivity contribution >= 4 is 5.91 Å². The number of nitrogens with one attached hydrogen (secondary N) is 1. The normalized spacial score (nSPS) is 36.2. The molecule has 0 aromatic carbocycles. The lowest BCUT2D eigenvalue weighted by Crippen LogP contribution is -2.28. The van der Waals surface area contributed by atoms with Crippen molar-refractivity contribution < 1.29 is 9.53 Å². The van der Waals surface area contributed by atoms with Crippen LogP contribution in [0.15, 0.2) is 0 Å². The summed E-state index contributed by atoms with van der Waals surface area (Å²) in [5, 5.41) is 2.86. The molecule has 0 aromatic rings. The Morgan fingerprint density at radius 3 is 2.75 bits per heavy atom. The first kappa shape index (κ1) is 7.63. The molecule has 1 heterocycles. The number of fused-ring (bicyclic) bond motifs is 1. The molecule has 3 nitrogen and oxygen atoms in total. The Bertz CT molecular complexity index is 253. The van der Waals surface area contributed by atoms with Gasteiger partial charge in [0.2, 0.25) is 0 Å². The minimum absolute atomic E-state index is 0.156. The molecule has 0 bridgehead atoms. The molecule has 1 aliphatic carbocycles. The second-order valence-electron chi connectivity index (χ2n) is 3.24. The summed E-state index contributed by atoms with van der Waals surface area (Å²) in [4.78, 5) is 11.0. The number of carbonyl (C=O) groups is 1. The van der Waals surface area contributed by atoms with Gasteiger partial charge >= 0.3 is 0 Å². The topological polar surface area (TPSA) is 38.3 Å². The quantitative estimate of drug-likeness (QED) is 0.545. The van der Waals surface area contributed by atoms with Gasteiger partial charge in [-0.2, -0.15) is 0 Å². The van der Waals surface area contributed by atoms with Gasteiger partial charge in [0.25, 0.3) is 5.91 Å². The van der Waals surface area contributed by atoms with Crippen LogP contribution in [0.1, 0.15) is 6.92 Å². The lowest BCUT2D eigenvalue weighted by Gasteiger charge is -2.02. The molecule has 0 radical (unpaired) electrons. The molecule has 3 heteroatoms. The highest BCUT2D eigenvalue weighted by molar-refractivity contribution is 5.93. The van der Waals surface area contributed by atoms with Gasteiger partial charge in [0.1, 0.15) is 0 Å². The molecule has 1 amide bonds. The SMILES string of the molecule is CC#CC(=O)NC1[C@H]2COC[C@H]12. The van der Waals surface area contributed by atoms with E-state index in [0.717, 1.165) is 13.2 Å². The van der Waals surface area contributed by atoms with E-state index in [0.29, 0.717) is 17.9 Å². The van der Waals surface area contributed by atoms with Gasteiger partial charge in [-0.1, -0.05) is 5.92 Å². The van der Waals surface area contributed by atoms with Crippen LogP contribution in [-0.2, 0) is 9.53 Å². The Kier molecular flexibility index (Phi) is 1.78. The third kappa shape index (κ3) is 1.19. The van der Waals surface area contributed by atoms with E-state index >= 15 is 0 Å². The van der Waals surface area contributed by atoms with Crippen LogP contribution in [-0.4, -0.2) is 25.2 Å². The summed E-state index contributed by atoms with van der Waals surface area (Å²) >= 11 is 0. The maximum absolute atomic E-state index is 11.0. The van der Waals surface area contributed by atoms with Crippen molar-refractivity contribution in [3.63, 3.8) is 0 Å². The van der Waals surface area contributed by atoms with Crippen LogP contribution >= 0.6 is 0 Å². The standard InChI is InChI=1S/C9H11NO2/c1-2-3-8(11)10-9-6-4-12-5-7(6)9/h6-7,9H,4-5H2,1H3,(H,10,11)/t6-,7-/m0/s1. The van der Waals surface area contributed by atoms with Crippen molar-refractivity contribution in [1.82, 2.24) is 5.32 Å². The second kappa shape index (κ2) is 2.80. The van der Waals surface area contributed by atoms with Crippen LogP contribution in [0.3, 0.4) is 0 Å². The monoisotopic (exact) mass is 165 g/mol. The van der Waals surface area contributed by atoms with E-state index < -0.39 is 0 Å². The van der Waals surface area contributed by atoms with Gasteiger partial charge in [0, 0.05) is 17.9 Å². The van der Waals surface area contributed by atoms with Gasteiger partial charge in [0.05, 0.1) is 13.2 Å². The average Bonchev–Trinajstić information content (AvgIpc) is 2.51. The molecule has 1 saturated heterocycles. The van der Waals surface area contributed by atoms with E-state index in [-0.39, 0.29) is 5.91 Å². The van der Waals surface area contributed by atoms with Crippen LogP contribution in [0.4, 0.5) is 0 Å². The highest BCUT2D eigenvalue weighted by Crippen LogP contribution is 2.43. The molecule has 12 heavy (non-hydrogen) atoms. The molecular weight excluding hydrogens is 154 g/mol. The van der Waals surface area contributed by atoms with Crippen LogP contribution in [0.25, 0.3) is 0 Å². The van der Waals surface area contributed by atoms with Crippen molar-refractivity contribution in [2.75, 3.05) is 13.2 Å². The van der Waals surface area contributed by atoms with E-state index in [2.05, 4.69) is 17.2 Å². The Labute approximate surface area is 71.5 Å². The third-order valence-corrected chi connectivity index (χ3v) is 2.49. The zero-order valence-electron chi connectivity index (χ0n) is 6.96. The van der Waals surface area contributed by atoms with Crippen LogP contribution in [0.2, 0.25) is 0 Å². The summed E-state index contributed by atoms with van der Waals surface area (Å²) in [5.41, 5.74) is 0. The highest BCUT2D eigenvalue weighted by atomic mass is 16.5. The molecule has 2 aliphatic rings. The Hall–Kier alpha value is -1.01. The highest BCUT2D eigenvalue weighted by Gasteiger charge is 2.54. The lowest BCUT2D eigenvalue weighted by molar-refractivity contribution is -0.116. The Morgan fingerprint density at radius 1 is 1.50 bits per heavy atom. The lowest BCUT2D eigenvalue weighted by atomic mass is 10.4. The summed E-state index contributed by atoms with van der Waals surface area (Å²) in [6, 6.07) is 0.340. The first-order valence-electron chi connectivity index (χ1n) is 4.14. The fourth-order valence-electron chi connectivity index (χ4n) is 1.75. The maximum Gasteiger partial charge on any atom is 0.296 e. The average molecular weight is 165 g/mol. The van der Waals surface area contributed by atoms with Gasteiger partial charge in [0.15, 0.2) is 0 Å². The molecule has 0 unspecified atom stereocenters. The molecule has 2 atom stereocenters. The maximum atomic E-state index is 11.0. The zero-order valence-corrected chi connectivity index (χ0v) is 6.96. The van der Waals surface area contributed by atoms with Crippen molar-refractivity contribution in [3.8, 4) is 11.8 Å². The van der Waals surface area contributed by atoms with Crippen molar-refractivity contribution in [2.24, 2.45) is 11.8 Å². The third-order valence-electron chi connectivity index (χ3n) is 2.49. The number of carbonyl (C=O) groups excluding carboxylic acids is 1. The van der Waals surface area contributed by atoms with Crippen LogP contribution < -0.4 is 5.32 Å². The number of hydrogen-bond donors (Lipinski definition) is 1. The molecule has 2 rings (SSSR count). The minimum atomic E-state index is -0.156. The second-order valence-corrected chi connectivity index (χ2v) is 3.24. The summed E-state index contributed by atoms with van der Waals surface area (Å²) < 4.78 is 5.19. The zero-order chi connectivity index (χ0) is 8.55. The summed E-state index contributed by atoms with van der Waals surface area (Å²) in [5.74, 6) is 6.01. The molecule has 2 fully saturated rings. The minimum Gasteiger partial charge on any atom is -0.381 e. The largest absolute Gasteiger partial charge is 0.381 e. The van der Waals surface area contributed by atoms with Crippen LogP contribution in [0, 0.1) is 23.7 Å². The molecule has 0 spiro atoms. The van der Waals surface area contributed by atoms with Crippen LogP contribution in [0.5, 0.6) is 0 Å². The first-order chi connectivity index (χ1) is 5.83. The van der Waals surface area contributed by atoms with Gasteiger partial charge in [-0.05, 0) is 12.8 Å². The van der Waals surface area contributed by atoms with E-state index in [1.807, 2.05) is 0 Å². The van der Waals surface area contributed by atoms with E-state index in [9.17, 15) is 4.79 Å². The number of hydrogen-bond acceptors (Lipinski definition) is 2. The first-order valence-corrected chi connectivity index (χ1v) is 4.14. The van der Waals surface area contributed by atoms with Gasteiger partial charge < -0.3 is 10.1 Å². The predicted octanol–water partition coefficient (Wildman–Crippen LogP) is -0.229. The molecule has 0 aromatic heterocycles. The summed E-state index contributed by atoms with van der Waals surface area (Å²) in [6.45, 7) is 3.26. The fraction of sp³-hybridized carbons (Fsp3) is 0.667. The number of rotatable bonds is 1. The molecule has 1 aliphatic heterocycles. The number of ether oxygens (including phenoxy) is 1. The van der Waals surface area contributed by atoms with Crippen molar-refractivity contribution in [3.05, 3.63) is 0 Å². The Morgan fingerprint density at radius 2 is 2.17 bits per heavy atom. The Balaban J connectivity index is 1.82. The van der Waals surface area contributed by atoms with E-state index in [4.69, 9.17) is 4.74 Å². The number of amides is 1. The summed E-state index contributed by atoms with van der Waals surface area (Å²) in [7, 11) is 0. The van der Waals surface area contributed by atoms with Gasteiger partial charge in [-0.15, -0.1) is 0 Å². The fourth-order valence-corrected chi connectivity index (χ4v) is 1.75. The predicted molar refractivity (Wildman–Crippen MR) is 43.2 cm³/mol. The van der Waals surface area contributed by atoms with Gasteiger partial charge in [-0.25, -0.2) is 0 Å². The van der Waals surface area contributed by atoms with Crippen molar-refractivity contribution in [2.45, 2.75) is 13.0 Å². The van der Waals surface area contributed by atoms with Crippen molar-refractivity contribution in [1.29, 1.82) is 0 Å². The smallest absolute Gasteiger partial charge is 0.296 e. The van der Waals surface area contributed by atoms with Gasteiger partial charge in [-0.3, -0.25) is 4.79 Å². The molecule has 64 valence electrons. The molecular formula is C9H11NO2.